The minimum Gasteiger partial charge on any atom is -0.488 e. The second kappa shape index (κ2) is 3.29. The molecule has 0 aromatic heterocycles. The first-order valence-corrected chi connectivity index (χ1v) is 4.43. The molecular formula is C11H17NO. The van der Waals surface area contributed by atoms with E-state index in [1.807, 2.05) is 45.9 Å². The van der Waals surface area contributed by atoms with Crippen LogP contribution in [0, 0.1) is 6.92 Å². The molecule has 0 aliphatic heterocycles. The summed E-state index contributed by atoms with van der Waals surface area (Å²) in [5, 5.41) is 0. The van der Waals surface area contributed by atoms with Gasteiger partial charge in [0.25, 0.3) is 0 Å². The molecule has 0 radical (unpaired) electrons. The van der Waals surface area contributed by atoms with Gasteiger partial charge in [-0.15, -0.1) is 0 Å². The SMILES string of the molecule is Cc1cc(OC(C)(C)C)ccc1N. The second-order valence-corrected chi connectivity index (χ2v) is 4.23. The van der Waals surface area contributed by atoms with E-state index >= 15 is 0 Å². The van der Waals surface area contributed by atoms with Crippen LogP contribution >= 0.6 is 0 Å². The molecule has 0 aliphatic rings. The molecule has 0 amide bonds. The highest BCUT2D eigenvalue weighted by Crippen LogP contribution is 2.22. The summed E-state index contributed by atoms with van der Waals surface area (Å²) in [7, 11) is 0. The summed E-state index contributed by atoms with van der Waals surface area (Å²) < 4.78 is 5.68. The molecular weight excluding hydrogens is 162 g/mol. The maximum Gasteiger partial charge on any atom is 0.120 e. The summed E-state index contributed by atoms with van der Waals surface area (Å²) >= 11 is 0. The minimum absolute atomic E-state index is 0.150. The quantitative estimate of drug-likeness (QED) is 0.673. The van der Waals surface area contributed by atoms with Crippen molar-refractivity contribution < 1.29 is 4.74 Å². The Hall–Kier alpha value is -1.18. The van der Waals surface area contributed by atoms with Gasteiger partial charge in [0, 0.05) is 5.69 Å². The molecule has 0 bridgehead atoms. The van der Waals surface area contributed by atoms with Crippen molar-refractivity contribution in [3.05, 3.63) is 23.8 Å². The third-order valence-electron chi connectivity index (χ3n) is 1.67. The number of anilines is 1. The fraction of sp³-hybridized carbons (Fsp3) is 0.455. The van der Waals surface area contributed by atoms with Crippen LogP contribution in [0.3, 0.4) is 0 Å². The molecule has 2 N–H and O–H groups in total. The van der Waals surface area contributed by atoms with Crippen LogP contribution in [0.15, 0.2) is 18.2 Å². The van der Waals surface area contributed by atoms with Crippen molar-refractivity contribution in [2.75, 3.05) is 5.73 Å². The van der Waals surface area contributed by atoms with Crippen molar-refractivity contribution in [1.82, 2.24) is 0 Å². The Morgan fingerprint density at radius 2 is 1.85 bits per heavy atom. The first kappa shape index (κ1) is 9.90. The number of nitrogens with two attached hydrogens (primary N) is 1. The zero-order valence-electron chi connectivity index (χ0n) is 8.72. The number of hydrogen-bond donors (Lipinski definition) is 1. The third kappa shape index (κ3) is 2.98. The smallest absolute Gasteiger partial charge is 0.120 e. The van der Waals surface area contributed by atoms with Gasteiger partial charge in [0.15, 0.2) is 0 Å². The molecule has 2 nitrogen and oxygen atoms in total. The molecule has 2 heteroatoms. The van der Waals surface area contributed by atoms with Crippen LogP contribution in [0.25, 0.3) is 0 Å². The zero-order valence-corrected chi connectivity index (χ0v) is 8.72. The first-order chi connectivity index (χ1) is 5.88. The van der Waals surface area contributed by atoms with Crippen molar-refractivity contribution in [1.29, 1.82) is 0 Å². The van der Waals surface area contributed by atoms with Gasteiger partial charge in [-0.25, -0.2) is 0 Å². The van der Waals surface area contributed by atoms with Crippen LogP contribution in [0.5, 0.6) is 5.75 Å². The summed E-state index contributed by atoms with van der Waals surface area (Å²) in [5.41, 5.74) is 7.41. The van der Waals surface area contributed by atoms with Gasteiger partial charge in [0.2, 0.25) is 0 Å². The van der Waals surface area contributed by atoms with E-state index in [0.717, 1.165) is 17.0 Å². The van der Waals surface area contributed by atoms with Gasteiger partial charge in [-0.05, 0) is 51.5 Å². The maximum absolute atomic E-state index is 5.70. The Morgan fingerprint density at radius 1 is 1.23 bits per heavy atom. The number of nitrogen functional groups attached to an aromatic ring is 1. The Balaban J connectivity index is 2.86. The van der Waals surface area contributed by atoms with E-state index in [0.29, 0.717) is 0 Å². The highest BCUT2D eigenvalue weighted by atomic mass is 16.5. The molecule has 0 saturated heterocycles. The van der Waals surface area contributed by atoms with E-state index in [1.165, 1.54) is 0 Å². The van der Waals surface area contributed by atoms with E-state index in [9.17, 15) is 0 Å². The maximum atomic E-state index is 5.70. The topological polar surface area (TPSA) is 35.2 Å². The van der Waals surface area contributed by atoms with Crippen LogP contribution in [0.4, 0.5) is 5.69 Å². The van der Waals surface area contributed by atoms with E-state index in [-0.39, 0.29) is 5.60 Å². The number of ether oxygens (including phenoxy) is 1. The molecule has 0 spiro atoms. The standard InChI is InChI=1S/C11H17NO/c1-8-7-9(5-6-10(8)12)13-11(2,3)4/h5-7H,12H2,1-4H3. The predicted molar refractivity (Wildman–Crippen MR) is 56.0 cm³/mol. The fourth-order valence-corrected chi connectivity index (χ4v) is 1.07. The Kier molecular flexibility index (Phi) is 2.50. The Bertz CT molecular complexity index is 299. The molecule has 0 unspecified atom stereocenters. The molecule has 0 fully saturated rings. The molecule has 0 atom stereocenters. The van der Waals surface area contributed by atoms with Gasteiger partial charge in [-0.3, -0.25) is 0 Å². The largest absolute Gasteiger partial charge is 0.488 e. The van der Waals surface area contributed by atoms with E-state index in [4.69, 9.17) is 10.5 Å². The van der Waals surface area contributed by atoms with Gasteiger partial charge >= 0.3 is 0 Å². The lowest BCUT2D eigenvalue weighted by molar-refractivity contribution is 0.131. The Labute approximate surface area is 79.7 Å². The molecule has 1 rings (SSSR count). The van der Waals surface area contributed by atoms with Crippen molar-refractivity contribution in [2.45, 2.75) is 33.3 Å². The average molecular weight is 179 g/mol. The third-order valence-corrected chi connectivity index (χ3v) is 1.67. The summed E-state index contributed by atoms with van der Waals surface area (Å²) in [6.45, 7) is 8.06. The van der Waals surface area contributed by atoms with Crippen molar-refractivity contribution in [2.24, 2.45) is 0 Å². The van der Waals surface area contributed by atoms with E-state index < -0.39 is 0 Å². The minimum atomic E-state index is -0.150. The van der Waals surface area contributed by atoms with Crippen LogP contribution < -0.4 is 10.5 Å². The van der Waals surface area contributed by atoms with Gasteiger partial charge in [-0.1, -0.05) is 0 Å². The molecule has 72 valence electrons. The normalized spacial score (nSPS) is 11.4. The fourth-order valence-electron chi connectivity index (χ4n) is 1.07. The number of rotatable bonds is 1. The zero-order chi connectivity index (χ0) is 10.1. The average Bonchev–Trinajstić information content (AvgIpc) is 1.94. The summed E-state index contributed by atoms with van der Waals surface area (Å²) in [6.07, 6.45) is 0. The molecule has 0 aliphatic carbocycles. The lowest BCUT2D eigenvalue weighted by atomic mass is 10.1. The lowest BCUT2D eigenvalue weighted by Gasteiger charge is -2.21. The summed E-state index contributed by atoms with van der Waals surface area (Å²) in [6, 6.07) is 5.73. The van der Waals surface area contributed by atoms with Crippen LogP contribution in [0.1, 0.15) is 26.3 Å². The van der Waals surface area contributed by atoms with Crippen LogP contribution in [0.2, 0.25) is 0 Å². The number of benzene rings is 1. The lowest BCUT2D eigenvalue weighted by Crippen LogP contribution is -2.22. The van der Waals surface area contributed by atoms with Gasteiger partial charge in [0.05, 0.1) is 0 Å². The highest BCUT2D eigenvalue weighted by molar-refractivity contribution is 5.49. The van der Waals surface area contributed by atoms with Crippen LogP contribution in [-0.4, -0.2) is 5.60 Å². The predicted octanol–water partition coefficient (Wildman–Crippen LogP) is 2.75. The second-order valence-electron chi connectivity index (χ2n) is 4.23. The van der Waals surface area contributed by atoms with Gasteiger partial charge in [-0.2, -0.15) is 0 Å². The molecule has 1 aromatic rings. The molecule has 0 heterocycles. The van der Waals surface area contributed by atoms with Crippen molar-refractivity contribution in [3.8, 4) is 5.75 Å². The first-order valence-electron chi connectivity index (χ1n) is 4.43. The van der Waals surface area contributed by atoms with Crippen LogP contribution in [-0.2, 0) is 0 Å². The molecule has 13 heavy (non-hydrogen) atoms. The summed E-state index contributed by atoms with van der Waals surface area (Å²) in [5.74, 6) is 0.874. The number of aryl methyl sites for hydroxylation is 1. The van der Waals surface area contributed by atoms with E-state index in [1.54, 1.807) is 0 Å². The van der Waals surface area contributed by atoms with Gasteiger partial charge < -0.3 is 10.5 Å². The molecule has 0 saturated carbocycles. The summed E-state index contributed by atoms with van der Waals surface area (Å²) in [4.78, 5) is 0. The van der Waals surface area contributed by atoms with Crippen molar-refractivity contribution >= 4 is 5.69 Å². The Morgan fingerprint density at radius 3 is 2.31 bits per heavy atom. The molecule has 1 aromatic carbocycles. The monoisotopic (exact) mass is 179 g/mol. The van der Waals surface area contributed by atoms with E-state index in [2.05, 4.69) is 0 Å². The van der Waals surface area contributed by atoms with Gasteiger partial charge in [0.1, 0.15) is 11.4 Å². The number of hydrogen-bond acceptors (Lipinski definition) is 2. The van der Waals surface area contributed by atoms with Crippen molar-refractivity contribution in [3.63, 3.8) is 0 Å². The highest BCUT2D eigenvalue weighted by Gasteiger charge is 2.11.